The van der Waals surface area contributed by atoms with Crippen LogP contribution in [-0.2, 0) is 18.5 Å². The Bertz CT molecular complexity index is 1110. The number of nitrogens with zero attached hydrogens (tertiary/aromatic N) is 5. The number of imidazole rings is 1. The molecule has 7 nitrogen and oxygen atoms in total. The van der Waals surface area contributed by atoms with Crippen LogP contribution in [0, 0.1) is 21.8 Å². The van der Waals surface area contributed by atoms with Crippen molar-refractivity contribution in [2.75, 3.05) is 13.1 Å². The topological polar surface area (TPSA) is 77.1 Å². The number of fused-ring (bicyclic) bond motifs is 1. The van der Waals surface area contributed by atoms with Crippen LogP contribution >= 0.6 is 22.9 Å². The standard InChI is InChI=1S/C21H23ClFN5O2S/c1-13(9-27-11-17(28(29)30)24-20(27)22)8-26-10-16-18(21(2,3)12-26)25-19(31-16)14-4-6-15(23)7-5-14/h4-7,11,13H,8-10,12H2,1-3H3/t13-/m1/s1. The van der Waals surface area contributed by atoms with E-state index in [4.69, 9.17) is 16.6 Å². The highest BCUT2D eigenvalue weighted by Crippen LogP contribution is 2.39. The van der Waals surface area contributed by atoms with Crippen LogP contribution in [0.4, 0.5) is 10.2 Å². The van der Waals surface area contributed by atoms with Crippen LogP contribution in [0.15, 0.2) is 30.5 Å². The van der Waals surface area contributed by atoms with E-state index in [0.29, 0.717) is 6.54 Å². The van der Waals surface area contributed by atoms with Gasteiger partial charge in [-0.2, -0.15) is 0 Å². The van der Waals surface area contributed by atoms with Gasteiger partial charge in [0, 0.05) is 42.0 Å². The van der Waals surface area contributed by atoms with Gasteiger partial charge in [-0.25, -0.2) is 9.37 Å². The Morgan fingerprint density at radius 1 is 1.29 bits per heavy atom. The van der Waals surface area contributed by atoms with E-state index in [2.05, 4.69) is 30.7 Å². The molecule has 0 bridgehead atoms. The fourth-order valence-electron chi connectivity index (χ4n) is 4.16. The Balaban J connectivity index is 1.48. The number of aromatic nitrogens is 3. The highest BCUT2D eigenvalue weighted by atomic mass is 35.5. The normalized spacial score (nSPS) is 16.8. The molecular weight excluding hydrogens is 441 g/mol. The van der Waals surface area contributed by atoms with Gasteiger partial charge in [0.25, 0.3) is 0 Å². The van der Waals surface area contributed by atoms with E-state index in [9.17, 15) is 14.5 Å². The summed E-state index contributed by atoms with van der Waals surface area (Å²) < 4.78 is 14.9. The van der Waals surface area contributed by atoms with Gasteiger partial charge in [0.2, 0.25) is 0 Å². The SMILES string of the molecule is C[C@H](CN1Cc2sc(-c3ccc(F)cc3)nc2C(C)(C)C1)Cn1cc([N+](=O)[O-])nc1Cl. The van der Waals surface area contributed by atoms with Gasteiger partial charge in [-0.05, 0) is 51.7 Å². The van der Waals surface area contributed by atoms with Crippen LogP contribution < -0.4 is 0 Å². The first-order valence-electron chi connectivity index (χ1n) is 9.98. The minimum atomic E-state index is -0.537. The molecule has 4 rings (SSSR count). The Morgan fingerprint density at radius 3 is 2.65 bits per heavy atom. The number of halogens is 2. The molecule has 3 aromatic rings. The summed E-state index contributed by atoms with van der Waals surface area (Å²) in [5.41, 5.74) is 1.91. The van der Waals surface area contributed by atoms with Crippen LogP contribution in [0.3, 0.4) is 0 Å². The number of benzene rings is 1. The van der Waals surface area contributed by atoms with E-state index >= 15 is 0 Å². The van der Waals surface area contributed by atoms with Gasteiger partial charge >= 0.3 is 11.1 Å². The molecule has 0 saturated heterocycles. The lowest BCUT2D eigenvalue weighted by Crippen LogP contribution is -2.43. The van der Waals surface area contributed by atoms with Crippen LogP contribution in [0.5, 0.6) is 0 Å². The smallest absolute Gasteiger partial charge is 0.358 e. The zero-order valence-electron chi connectivity index (χ0n) is 17.5. The second kappa shape index (κ2) is 8.29. The fraction of sp³-hybridized carbons (Fsp3) is 0.429. The maximum absolute atomic E-state index is 13.3. The van der Waals surface area contributed by atoms with Gasteiger partial charge in [-0.1, -0.05) is 20.8 Å². The van der Waals surface area contributed by atoms with Crippen molar-refractivity contribution in [3.63, 3.8) is 0 Å². The van der Waals surface area contributed by atoms with E-state index in [1.54, 1.807) is 28.0 Å². The molecule has 0 spiro atoms. The first kappa shape index (κ1) is 21.9. The van der Waals surface area contributed by atoms with Gasteiger partial charge in [0.05, 0.1) is 5.69 Å². The molecule has 10 heteroatoms. The lowest BCUT2D eigenvalue weighted by atomic mass is 9.84. The predicted octanol–water partition coefficient (Wildman–Crippen LogP) is 5.14. The molecule has 1 aliphatic rings. The van der Waals surface area contributed by atoms with E-state index in [-0.39, 0.29) is 28.3 Å². The zero-order chi connectivity index (χ0) is 22.3. The minimum absolute atomic E-state index is 0.118. The molecule has 0 saturated carbocycles. The summed E-state index contributed by atoms with van der Waals surface area (Å²) in [6, 6.07) is 6.45. The summed E-state index contributed by atoms with van der Waals surface area (Å²) in [6.07, 6.45) is 1.38. The van der Waals surface area contributed by atoms with Gasteiger partial charge in [-0.3, -0.25) is 9.47 Å². The molecule has 2 aromatic heterocycles. The van der Waals surface area contributed by atoms with Crippen molar-refractivity contribution in [3.05, 3.63) is 62.2 Å². The van der Waals surface area contributed by atoms with Crippen LogP contribution in [0.1, 0.15) is 31.3 Å². The van der Waals surface area contributed by atoms with Gasteiger partial charge in [-0.15, -0.1) is 11.3 Å². The van der Waals surface area contributed by atoms with E-state index < -0.39 is 4.92 Å². The van der Waals surface area contributed by atoms with Gasteiger partial charge in [0.1, 0.15) is 17.0 Å². The van der Waals surface area contributed by atoms with Crippen LogP contribution in [-0.4, -0.2) is 37.4 Å². The first-order chi connectivity index (χ1) is 14.6. The lowest BCUT2D eigenvalue weighted by molar-refractivity contribution is -0.389. The van der Waals surface area contributed by atoms with Crippen LogP contribution in [0.25, 0.3) is 10.6 Å². The van der Waals surface area contributed by atoms with Crippen molar-refractivity contribution in [1.29, 1.82) is 0 Å². The first-order valence-corrected chi connectivity index (χ1v) is 11.2. The quantitative estimate of drug-likeness (QED) is 0.374. The Labute approximate surface area is 188 Å². The zero-order valence-corrected chi connectivity index (χ0v) is 19.1. The molecule has 0 unspecified atom stereocenters. The summed E-state index contributed by atoms with van der Waals surface area (Å²) in [7, 11) is 0. The third kappa shape index (κ3) is 4.63. The van der Waals surface area contributed by atoms with Crippen molar-refractivity contribution < 1.29 is 9.31 Å². The van der Waals surface area contributed by atoms with Crippen molar-refractivity contribution in [3.8, 4) is 10.6 Å². The molecule has 0 amide bonds. The molecular formula is C21H23ClFN5O2S. The molecule has 3 heterocycles. The average molecular weight is 464 g/mol. The number of hydrogen-bond donors (Lipinski definition) is 0. The lowest BCUT2D eigenvalue weighted by Gasteiger charge is -2.38. The highest BCUT2D eigenvalue weighted by molar-refractivity contribution is 7.15. The van der Waals surface area contributed by atoms with Crippen LogP contribution in [0.2, 0.25) is 5.28 Å². The molecule has 0 radical (unpaired) electrons. The second-order valence-corrected chi connectivity index (χ2v) is 10.2. The Kier molecular flexibility index (Phi) is 5.85. The molecule has 1 aromatic carbocycles. The van der Waals surface area contributed by atoms with E-state index in [1.165, 1.54) is 23.2 Å². The molecule has 1 atom stereocenters. The number of rotatable bonds is 6. The fourth-order valence-corrected chi connectivity index (χ4v) is 5.65. The summed E-state index contributed by atoms with van der Waals surface area (Å²) in [4.78, 5) is 22.7. The third-order valence-electron chi connectivity index (χ3n) is 5.40. The summed E-state index contributed by atoms with van der Waals surface area (Å²) in [5.74, 6) is -0.277. The molecule has 1 aliphatic heterocycles. The summed E-state index contributed by atoms with van der Waals surface area (Å²) in [5, 5.41) is 12.0. The van der Waals surface area contributed by atoms with Gasteiger partial charge < -0.3 is 10.1 Å². The third-order valence-corrected chi connectivity index (χ3v) is 6.79. The molecule has 164 valence electrons. The maximum atomic E-state index is 13.3. The largest absolute Gasteiger partial charge is 0.383 e. The van der Waals surface area contributed by atoms with Crippen molar-refractivity contribution in [2.45, 2.75) is 39.3 Å². The van der Waals surface area contributed by atoms with Gasteiger partial charge in [0.15, 0.2) is 0 Å². The molecule has 31 heavy (non-hydrogen) atoms. The Morgan fingerprint density at radius 2 is 2.00 bits per heavy atom. The number of nitro groups is 1. The van der Waals surface area contributed by atoms with E-state index in [1.807, 2.05) is 0 Å². The molecule has 0 aliphatic carbocycles. The monoisotopic (exact) mass is 463 g/mol. The number of hydrogen-bond acceptors (Lipinski definition) is 6. The van der Waals surface area contributed by atoms with Crippen molar-refractivity contribution in [2.24, 2.45) is 5.92 Å². The molecule has 0 fully saturated rings. The van der Waals surface area contributed by atoms with Crippen molar-refractivity contribution >= 4 is 28.8 Å². The summed E-state index contributed by atoms with van der Waals surface area (Å²) >= 11 is 7.72. The van der Waals surface area contributed by atoms with Crippen molar-refractivity contribution in [1.82, 2.24) is 19.4 Å². The number of thiazole rings is 1. The average Bonchev–Trinajstić information content (AvgIpc) is 3.26. The Hall–Kier alpha value is -2.36. The maximum Gasteiger partial charge on any atom is 0.383 e. The molecule has 0 N–H and O–H groups in total. The second-order valence-electron chi connectivity index (χ2n) is 8.73. The highest BCUT2D eigenvalue weighted by Gasteiger charge is 2.35. The predicted molar refractivity (Wildman–Crippen MR) is 119 cm³/mol. The van der Waals surface area contributed by atoms with E-state index in [0.717, 1.165) is 35.9 Å². The summed E-state index contributed by atoms with van der Waals surface area (Å²) in [6.45, 7) is 9.48. The minimum Gasteiger partial charge on any atom is -0.358 e.